The van der Waals surface area contributed by atoms with E-state index in [4.69, 9.17) is 11.6 Å². The van der Waals surface area contributed by atoms with Crippen LogP contribution in [0.3, 0.4) is 0 Å². The van der Waals surface area contributed by atoms with Crippen molar-refractivity contribution in [2.24, 2.45) is 7.05 Å². The number of aryl methyl sites for hydroxylation is 2. The smallest absolute Gasteiger partial charge is 0.141 e. The molecule has 2 rings (SSSR count). The average molecular weight is 282 g/mol. The van der Waals surface area contributed by atoms with Crippen molar-refractivity contribution >= 4 is 11.6 Å². The summed E-state index contributed by atoms with van der Waals surface area (Å²) in [6, 6.07) is 4.98. The van der Waals surface area contributed by atoms with Gasteiger partial charge in [-0.25, -0.2) is 9.37 Å². The van der Waals surface area contributed by atoms with Gasteiger partial charge in [-0.1, -0.05) is 17.7 Å². The van der Waals surface area contributed by atoms with E-state index >= 15 is 0 Å². The molecule has 0 bridgehead atoms. The number of nitrogens with zero attached hydrogens (tertiary/aromatic N) is 2. The molecular formula is C14H17ClFN3. The molecule has 1 atom stereocenters. The molecule has 2 aromatic rings. The topological polar surface area (TPSA) is 29.9 Å². The maximum Gasteiger partial charge on any atom is 0.141 e. The number of rotatable bonds is 5. The standard InChI is InChI=1S/C14H17ClFN3/c1-17-13(5-6-14-18-7-8-19(14)2)10-3-4-12(16)11(15)9-10/h3-4,7-9,13,17H,5-6H2,1-2H3. The first-order valence-corrected chi connectivity index (χ1v) is 6.58. The number of imidazole rings is 1. The second kappa shape index (κ2) is 6.17. The van der Waals surface area contributed by atoms with Crippen LogP contribution >= 0.6 is 11.6 Å². The Kier molecular flexibility index (Phi) is 4.56. The molecule has 3 nitrogen and oxygen atoms in total. The molecule has 0 aliphatic rings. The van der Waals surface area contributed by atoms with E-state index in [1.807, 2.05) is 24.9 Å². The highest BCUT2D eigenvalue weighted by Crippen LogP contribution is 2.23. The summed E-state index contributed by atoms with van der Waals surface area (Å²) in [5.41, 5.74) is 0.989. The van der Waals surface area contributed by atoms with Crippen LogP contribution in [0.1, 0.15) is 23.9 Å². The van der Waals surface area contributed by atoms with Crippen LogP contribution < -0.4 is 5.32 Å². The predicted molar refractivity (Wildman–Crippen MR) is 74.7 cm³/mol. The Morgan fingerprint density at radius 2 is 2.26 bits per heavy atom. The maximum absolute atomic E-state index is 13.2. The Labute approximate surface area is 117 Å². The molecule has 1 aromatic heterocycles. The Hall–Kier alpha value is -1.39. The van der Waals surface area contributed by atoms with Gasteiger partial charge in [0, 0.05) is 31.9 Å². The lowest BCUT2D eigenvalue weighted by Gasteiger charge is -2.17. The van der Waals surface area contributed by atoms with Gasteiger partial charge in [0.25, 0.3) is 0 Å². The van der Waals surface area contributed by atoms with E-state index in [1.54, 1.807) is 18.3 Å². The van der Waals surface area contributed by atoms with Crippen LogP contribution in [0.25, 0.3) is 0 Å². The molecule has 0 saturated heterocycles. The lowest BCUT2D eigenvalue weighted by molar-refractivity contribution is 0.534. The van der Waals surface area contributed by atoms with E-state index in [1.165, 1.54) is 6.07 Å². The molecule has 5 heteroatoms. The molecule has 0 aliphatic heterocycles. The first-order valence-electron chi connectivity index (χ1n) is 6.20. The van der Waals surface area contributed by atoms with Crippen LogP contribution in [0.4, 0.5) is 4.39 Å². The van der Waals surface area contributed by atoms with Crippen molar-refractivity contribution in [3.8, 4) is 0 Å². The van der Waals surface area contributed by atoms with Gasteiger partial charge in [-0.15, -0.1) is 0 Å². The number of benzene rings is 1. The summed E-state index contributed by atoms with van der Waals surface area (Å²) < 4.78 is 15.2. The lowest BCUT2D eigenvalue weighted by Crippen LogP contribution is -2.18. The van der Waals surface area contributed by atoms with Gasteiger partial charge in [0.1, 0.15) is 11.6 Å². The summed E-state index contributed by atoms with van der Waals surface area (Å²) >= 11 is 5.82. The molecular weight excluding hydrogens is 265 g/mol. The quantitative estimate of drug-likeness (QED) is 0.913. The Morgan fingerprint density at radius 1 is 1.47 bits per heavy atom. The van der Waals surface area contributed by atoms with Crippen LogP contribution in [-0.4, -0.2) is 16.6 Å². The minimum Gasteiger partial charge on any atom is -0.338 e. The van der Waals surface area contributed by atoms with E-state index in [0.717, 1.165) is 24.2 Å². The van der Waals surface area contributed by atoms with Crippen LogP contribution in [0, 0.1) is 5.82 Å². The van der Waals surface area contributed by atoms with Crippen LogP contribution in [0.2, 0.25) is 5.02 Å². The zero-order valence-electron chi connectivity index (χ0n) is 11.0. The second-order valence-electron chi connectivity index (χ2n) is 4.51. The minimum atomic E-state index is -0.385. The van der Waals surface area contributed by atoms with Crippen LogP contribution in [0.15, 0.2) is 30.6 Å². The fourth-order valence-electron chi connectivity index (χ4n) is 2.12. The van der Waals surface area contributed by atoms with Crippen LogP contribution in [-0.2, 0) is 13.5 Å². The molecule has 0 radical (unpaired) electrons. The monoisotopic (exact) mass is 281 g/mol. The molecule has 0 spiro atoms. The number of aromatic nitrogens is 2. The van der Waals surface area contributed by atoms with E-state index in [9.17, 15) is 4.39 Å². The van der Waals surface area contributed by atoms with Crippen molar-refractivity contribution in [3.05, 3.63) is 52.8 Å². The number of hydrogen-bond acceptors (Lipinski definition) is 2. The van der Waals surface area contributed by atoms with Crippen molar-refractivity contribution in [1.82, 2.24) is 14.9 Å². The molecule has 102 valence electrons. The molecule has 0 saturated carbocycles. The Bertz CT molecular complexity index is 553. The SMILES string of the molecule is CNC(CCc1nccn1C)c1ccc(F)c(Cl)c1. The Morgan fingerprint density at radius 3 is 2.84 bits per heavy atom. The highest BCUT2D eigenvalue weighted by atomic mass is 35.5. The number of hydrogen-bond donors (Lipinski definition) is 1. The zero-order chi connectivity index (χ0) is 13.8. The first kappa shape index (κ1) is 14.0. The molecule has 1 N–H and O–H groups in total. The van der Waals surface area contributed by atoms with E-state index in [-0.39, 0.29) is 16.9 Å². The molecule has 0 amide bonds. The van der Waals surface area contributed by atoms with Crippen molar-refractivity contribution in [2.45, 2.75) is 18.9 Å². The molecule has 0 fully saturated rings. The summed E-state index contributed by atoms with van der Waals surface area (Å²) in [6.07, 6.45) is 5.45. The first-order chi connectivity index (χ1) is 9.11. The fraction of sp³-hybridized carbons (Fsp3) is 0.357. The Balaban J connectivity index is 2.07. The van der Waals surface area contributed by atoms with Gasteiger partial charge in [-0.2, -0.15) is 0 Å². The summed E-state index contributed by atoms with van der Waals surface area (Å²) in [7, 11) is 3.87. The fourth-order valence-corrected chi connectivity index (χ4v) is 2.31. The molecule has 0 aliphatic carbocycles. The molecule has 1 aromatic carbocycles. The third kappa shape index (κ3) is 3.33. The van der Waals surface area contributed by atoms with E-state index < -0.39 is 0 Å². The lowest BCUT2D eigenvalue weighted by atomic mass is 10.0. The molecule has 1 unspecified atom stereocenters. The van der Waals surface area contributed by atoms with Crippen molar-refractivity contribution in [2.75, 3.05) is 7.05 Å². The predicted octanol–water partition coefficient (Wildman–Crippen LogP) is 3.11. The second-order valence-corrected chi connectivity index (χ2v) is 4.92. The third-order valence-corrected chi connectivity index (χ3v) is 3.56. The summed E-state index contributed by atoms with van der Waals surface area (Å²) in [5, 5.41) is 3.39. The summed E-state index contributed by atoms with van der Waals surface area (Å²) in [6.45, 7) is 0. The van der Waals surface area contributed by atoms with Gasteiger partial charge < -0.3 is 9.88 Å². The number of halogens is 2. The normalized spacial score (nSPS) is 12.6. The van der Waals surface area contributed by atoms with Gasteiger partial charge in [0.05, 0.1) is 5.02 Å². The number of nitrogens with one attached hydrogen (secondary N) is 1. The molecule has 1 heterocycles. The van der Waals surface area contributed by atoms with Crippen molar-refractivity contribution in [3.63, 3.8) is 0 Å². The highest BCUT2D eigenvalue weighted by Gasteiger charge is 2.12. The molecule has 19 heavy (non-hydrogen) atoms. The third-order valence-electron chi connectivity index (χ3n) is 3.27. The largest absolute Gasteiger partial charge is 0.338 e. The maximum atomic E-state index is 13.2. The van der Waals surface area contributed by atoms with Gasteiger partial charge in [0.2, 0.25) is 0 Å². The van der Waals surface area contributed by atoms with E-state index in [2.05, 4.69) is 10.3 Å². The van der Waals surface area contributed by atoms with Crippen molar-refractivity contribution < 1.29 is 4.39 Å². The van der Waals surface area contributed by atoms with Gasteiger partial charge in [0.15, 0.2) is 0 Å². The van der Waals surface area contributed by atoms with Crippen molar-refractivity contribution in [1.29, 1.82) is 0 Å². The van der Waals surface area contributed by atoms with E-state index in [0.29, 0.717) is 0 Å². The highest BCUT2D eigenvalue weighted by molar-refractivity contribution is 6.30. The average Bonchev–Trinajstić information content (AvgIpc) is 2.80. The van der Waals surface area contributed by atoms with Gasteiger partial charge >= 0.3 is 0 Å². The minimum absolute atomic E-state index is 0.134. The zero-order valence-corrected chi connectivity index (χ0v) is 11.8. The summed E-state index contributed by atoms with van der Waals surface area (Å²) in [4.78, 5) is 4.30. The van der Waals surface area contributed by atoms with Gasteiger partial charge in [-0.3, -0.25) is 0 Å². The van der Waals surface area contributed by atoms with Gasteiger partial charge in [-0.05, 0) is 31.2 Å². The van der Waals surface area contributed by atoms with Crippen LogP contribution in [0.5, 0.6) is 0 Å². The summed E-state index contributed by atoms with van der Waals surface area (Å²) in [5.74, 6) is 0.651.